The van der Waals surface area contributed by atoms with E-state index in [-0.39, 0.29) is 23.1 Å². The van der Waals surface area contributed by atoms with Gasteiger partial charge in [0.1, 0.15) is 5.56 Å². The summed E-state index contributed by atoms with van der Waals surface area (Å²) in [5.41, 5.74) is 1.36. The quantitative estimate of drug-likeness (QED) is 0.864. The van der Waals surface area contributed by atoms with Gasteiger partial charge in [-0.15, -0.1) is 0 Å². The lowest BCUT2D eigenvalue weighted by atomic mass is 10.1. The van der Waals surface area contributed by atoms with Gasteiger partial charge in [-0.25, -0.2) is 0 Å². The second-order valence-corrected chi connectivity index (χ2v) is 6.27. The van der Waals surface area contributed by atoms with E-state index in [9.17, 15) is 9.59 Å². The first-order valence-electron chi connectivity index (χ1n) is 8.53. The van der Waals surface area contributed by atoms with Crippen LogP contribution in [0.1, 0.15) is 17.3 Å². The van der Waals surface area contributed by atoms with Gasteiger partial charge in [-0.3, -0.25) is 14.5 Å². The van der Waals surface area contributed by atoms with E-state index >= 15 is 0 Å². The van der Waals surface area contributed by atoms with E-state index in [1.165, 1.54) is 0 Å². The van der Waals surface area contributed by atoms with Gasteiger partial charge in [-0.1, -0.05) is 30.3 Å². The number of nitrogens with zero attached hydrogens (tertiary/aromatic N) is 1. The van der Waals surface area contributed by atoms with Gasteiger partial charge >= 0.3 is 0 Å². The topological polar surface area (TPSA) is 74.4 Å². The predicted molar refractivity (Wildman–Crippen MR) is 96.7 cm³/mol. The Balaban J connectivity index is 1.64. The highest BCUT2D eigenvalue weighted by Gasteiger charge is 2.17. The van der Waals surface area contributed by atoms with Crippen molar-refractivity contribution in [1.82, 2.24) is 15.2 Å². The van der Waals surface area contributed by atoms with E-state index < -0.39 is 0 Å². The molecule has 2 heterocycles. The predicted octanol–water partition coefficient (Wildman–Crippen LogP) is 1.49. The summed E-state index contributed by atoms with van der Waals surface area (Å²) >= 11 is 0. The first-order valence-corrected chi connectivity index (χ1v) is 8.53. The van der Waals surface area contributed by atoms with Gasteiger partial charge in [-0.2, -0.15) is 0 Å². The van der Waals surface area contributed by atoms with Gasteiger partial charge in [0, 0.05) is 31.4 Å². The maximum Gasteiger partial charge on any atom is 0.261 e. The van der Waals surface area contributed by atoms with Crippen molar-refractivity contribution in [3.63, 3.8) is 0 Å². The molecule has 2 aromatic rings. The Kier molecular flexibility index (Phi) is 5.63. The second-order valence-electron chi connectivity index (χ2n) is 6.27. The summed E-state index contributed by atoms with van der Waals surface area (Å²) in [4.78, 5) is 29.7. The van der Waals surface area contributed by atoms with Crippen LogP contribution in [0.3, 0.4) is 0 Å². The van der Waals surface area contributed by atoms with Crippen LogP contribution in [0.4, 0.5) is 0 Å². The molecule has 0 aliphatic carbocycles. The molecule has 0 unspecified atom stereocenters. The van der Waals surface area contributed by atoms with Crippen molar-refractivity contribution in [2.24, 2.45) is 0 Å². The maximum atomic E-state index is 12.4. The van der Waals surface area contributed by atoms with Crippen LogP contribution in [-0.4, -0.2) is 54.7 Å². The molecule has 25 heavy (non-hydrogen) atoms. The number of pyridine rings is 1. The average molecular weight is 341 g/mol. The van der Waals surface area contributed by atoms with E-state index in [0.29, 0.717) is 5.69 Å². The molecule has 1 aliphatic heterocycles. The number of rotatable bonds is 5. The summed E-state index contributed by atoms with van der Waals surface area (Å²) in [7, 11) is 0. The number of amides is 1. The summed E-state index contributed by atoms with van der Waals surface area (Å²) in [6.07, 6.45) is 0. The van der Waals surface area contributed by atoms with Crippen LogP contribution < -0.4 is 10.9 Å². The number of benzene rings is 1. The molecule has 1 aromatic carbocycles. The average Bonchev–Trinajstić information content (AvgIpc) is 2.63. The zero-order valence-electron chi connectivity index (χ0n) is 14.3. The number of nitrogens with one attached hydrogen (secondary N) is 2. The van der Waals surface area contributed by atoms with Crippen LogP contribution in [-0.2, 0) is 4.74 Å². The van der Waals surface area contributed by atoms with E-state index in [0.717, 1.165) is 38.4 Å². The number of aromatic amines is 1. The highest BCUT2D eigenvalue weighted by Crippen LogP contribution is 2.14. The molecule has 0 radical (unpaired) electrons. The van der Waals surface area contributed by atoms with E-state index in [1.807, 2.05) is 37.3 Å². The SMILES string of the molecule is C[C@H](CN1CCOCC1)NC(=O)c1ccc(-c2ccccc2)[nH]c1=O. The largest absolute Gasteiger partial charge is 0.379 e. The Morgan fingerprint density at radius 3 is 2.60 bits per heavy atom. The van der Waals surface area contributed by atoms with Crippen LogP contribution in [0, 0.1) is 0 Å². The zero-order valence-corrected chi connectivity index (χ0v) is 14.3. The molecule has 6 nitrogen and oxygen atoms in total. The Labute approximate surface area is 146 Å². The van der Waals surface area contributed by atoms with Gasteiger partial charge in [0.15, 0.2) is 0 Å². The Morgan fingerprint density at radius 1 is 1.20 bits per heavy atom. The second kappa shape index (κ2) is 8.09. The number of carbonyl (C=O) groups is 1. The molecular weight excluding hydrogens is 318 g/mol. The number of hydrogen-bond acceptors (Lipinski definition) is 4. The molecule has 1 atom stereocenters. The molecule has 0 spiro atoms. The standard InChI is InChI=1S/C19H23N3O3/c1-14(13-22-9-11-25-12-10-22)20-18(23)16-7-8-17(21-19(16)24)15-5-3-2-4-6-15/h2-8,14H,9-13H2,1H3,(H,20,23)(H,21,24)/t14-/m1/s1. The van der Waals surface area contributed by atoms with Crippen molar-refractivity contribution in [1.29, 1.82) is 0 Å². The van der Waals surface area contributed by atoms with Crippen LogP contribution >= 0.6 is 0 Å². The van der Waals surface area contributed by atoms with Gasteiger partial charge < -0.3 is 15.0 Å². The molecule has 132 valence electrons. The van der Waals surface area contributed by atoms with E-state index in [2.05, 4.69) is 15.2 Å². The summed E-state index contributed by atoms with van der Waals surface area (Å²) in [6.45, 7) is 5.87. The normalized spacial score (nSPS) is 16.4. The molecule has 1 fully saturated rings. The smallest absolute Gasteiger partial charge is 0.261 e. The number of H-pyrrole nitrogens is 1. The fourth-order valence-corrected chi connectivity index (χ4v) is 2.96. The van der Waals surface area contributed by atoms with Crippen molar-refractivity contribution >= 4 is 5.91 Å². The summed E-state index contributed by atoms with van der Waals surface area (Å²) < 4.78 is 5.32. The molecule has 1 amide bonds. The minimum atomic E-state index is -0.377. The molecular formula is C19H23N3O3. The molecule has 3 rings (SSSR count). The van der Waals surface area contributed by atoms with Crippen molar-refractivity contribution in [3.8, 4) is 11.3 Å². The fraction of sp³-hybridized carbons (Fsp3) is 0.368. The van der Waals surface area contributed by atoms with Gasteiger partial charge in [0.05, 0.1) is 13.2 Å². The lowest BCUT2D eigenvalue weighted by Gasteiger charge is -2.29. The lowest BCUT2D eigenvalue weighted by Crippen LogP contribution is -2.46. The van der Waals surface area contributed by atoms with E-state index in [4.69, 9.17) is 4.74 Å². The van der Waals surface area contributed by atoms with Crippen molar-refractivity contribution in [3.05, 3.63) is 58.4 Å². The Bertz CT molecular complexity index is 767. The molecule has 0 saturated carbocycles. The number of morpholine rings is 1. The van der Waals surface area contributed by atoms with Gasteiger partial charge in [0.25, 0.3) is 11.5 Å². The third kappa shape index (κ3) is 4.55. The van der Waals surface area contributed by atoms with Crippen molar-refractivity contribution < 1.29 is 9.53 Å². The molecule has 6 heteroatoms. The number of hydrogen-bond donors (Lipinski definition) is 2. The maximum absolute atomic E-state index is 12.4. The highest BCUT2D eigenvalue weighted by molar-refractivity contribution is 5.94. The molecule has 1 aromatic heterocycles. The lowest BCUT2D eigenvalue weighted by molar-refractivity contribution is 0.0342. The van der Waals surface area contributed by atoms with Crippen LogP contribution in [0.5, 0.6) is 0 Å². The fourth-order valence-electron chi connectivity index (χ4n) is 2.96. The Morgan fingerprint density at radius 2 is 1.92 bits per heavy atom. The monoisotopic (exact) mass is 341 g/mol. The number of aromatic nitrogens is 1. The first kappa shape index (κ1) is 17.4. The number of carbonyl (C=O) groups excluding carboxylic acids is 1. The minimum Gasteiger partial charge on any atom is -0.379 e. The van der Waals surface area contributed by atoms with Crippen molar-refractivity contribution in [2.75, 3.05) is 32.8 Å². The summed E-state index contributed by atoms with van der Waals surface area (Å²) in [6, 6.07) is 12.8. The minimum absolute atomic E-state index is 0.0428. The Hall–Kier alpha value is -2.44. The van der Waals surface area contributed by atoms with Gasteiger partial charge in [-0.05, 0) is 24.6 Å². The van der Waals surface area contributed by atoms with Crippen LogP contribution in [0.25, 0.3) is 11.3 Å². The third-order valence-electron chi connectivity index (χ3n) is 4.25. The van der Waals surface area contributed by atoms with Gasteiger partial charge in [0.2, 0.25) is 0 Å². The summed E-state index contributed by atoms with van der Waals surface area (Å²) in [5.74, 6) is -0.346. The first-order chi connectivity index (χ1) is 12.1. The van der Waals surface area contributed by atoms with Crippen molar-refractivity contribution in [2.45, 2.75) is 13.0 Å². The van der Waals surface area contributed by atoms with Crippen LogP contribution in [0.2, 0.25) is 0 Å². The summed E-state index contributed by atoms with van der Waals surface area (Å²) in [5, 5.41) is 2.90. The number of ether oxygens (including phenoxy) is 1. The van der Waals surface area contributed by atoms with Crippen LogP contribution in [0.15, 0.2) is 47.3 Å². The molecule has 1 saturated heterocycles. The molecule has 0 bridgehead atoms. The highest BCUT2D eigenvalue weighted by atomic mass is 16.5. The third-order valence-corrected chi connectivity index (χ3v) is 4.25. The zero-order chi connectivity index (χ0) is 17.6. The van der Waals surface area contributed by atoms with E-state index in [1.54, 1.807) is 12.1 Å². The molecule has 1 aliphatic rings. The molecule has 2 N–H and O–H groups in total.